The van der Waals surface area contributed by atoms with Gasteiger partial charge in [-0.05, 0) is 17.5 Å². The molecule has 0 saturated carbocycles. The molecule has 23 heavy (non-hydrogen) atoms. The quantitative estimate of drug-likeness (QED) is 0.782. The summed E-state index contributed by atoms with van der Waals surface area (Å²) < 4.78 is 16.0. The lowest BCUT2D eigenvalue weighted by Gasteiger charge is -2.19. The second-order valence-corrected chi connectivity index (χ2v) is 6.21. The predicted octanol–water partition coefficient (Wildman–Crippen LogP) is 3.07. The summed E-state index contributed by atoms with van der Waals surface area (Å²) in [7, 11) is 1.82. The Kier molecular flexibility index (Phi) is 4.52. The first kappa shape index (κ1) is 15.4. The standard InChI is InChI=1S/C17H16FN3OS/c1-21-9-8-19-17(21)16(13-6-2-3-7-14(13)18)20-15(22)11-12-5-4-10-23-12/h2-10,16H,11H2,1H3,(H,20,22). The van der Waals surface area contributed by atoms with Crippen LogP contribution in [-0.2, 0) is 18.3 Å². The molecule has 1 unspecified atom stereocenters. The molecule has 4 nitrogen and oxygen atoms in total. The van der Waals surface area contributed by atoms with Gasteiger partial charge in [0, 0.05) is 29.9 Å². The van der Waals surface area contributed by atoms with Crippen molar-refractivity contribution in [2.75, 3.05) is 0 Å². The van der Waals surface area contributed by atoms with Gasteiger partial charge in [-0.15, -0.1) is 11.3 Å². The van der Waals surface area contributed by atoms with Crippen LogP contribution < -0.4 is 5.32 Å². The number of nitrogens with zero attached hydrogens (tertiary/aromatic N) is 2. The van der Waals surface area contributed by atoms with E-state index in [1.165, 1.54) is 17.4 Å². The van der Waals surface area contributed by atoms with E-state index >= 15 is 0 Å². The van der Waals surface area contributed by atoms with Crippen molar-refractivity contribution in [3.63, 3.8) is 0 Å². The van der Waals surface area contributed by atoms with Crippen molar-refractivity contribution >= 4 is 17.2 Å². The molecule has 2 aromatic heterocycles. The van der Waals surface area contributed by atoms with Gasteiger partial charge >= 0.3 is 0 Å². The summed E-state index contributed by atoms with van der Waals surface area (Å²) in [4.78, 5) is 17.6. The van der Waals surface area contributed by atoms with E-state index in [1.54, 1.807) is 35.2 Å². The zero-order valence-corrected chi connectivity index (χ0v) is 13.4. The van der Waals surface area contributed by atoms with Crippen LogP contribution in [0.1, 0.15) is 22.3 Å². The number of hydrogen-bond acceptors (Lipinski definition) is 3. The zero-order valence-electron chi connectivity index (χ0n) is 12.6. The van der Waals surface area contributed by atoms with Crippen LogP contribution in [0.15, 0.2) is 54.2 Å². The lowest BCUT2D eigenvalue weighted by molar-refractivity contribution is -0.120. The maximum absolute atomic E-state index is 14.2. The third-order valence-electron chi connectivity index (χ3n) is 3.55. The van der Waals surface area contributed by atoms with E-state index in [0.29, 0.717) is 11.4 Å². The molecule has 0 spiro atoms. The normalized spacial score (nSPS) is 12.1. The van der Waals surface area contributed by atoms with Gasteiger partial charge in [-0.3, -0.25) is 4.79 Å². The average Bonchev–Trinajstić information content (AvgIpc) is 3.17. The van der Waals surface area contributed by atoms with Crippen molar-refractivity contribution < 1.29 is 9.18 Å². The van der Waals surface area contributed by atoms with E-state index in [9.17, 15) is 9.18 Å². The molecule has 3 rings (SSSR count). The van der Waals surface area contributed by atoms with Crippen LogP contribution in [0.5, 0.6) is 0 Å². The number of hydrogen-bond donors (Lipinski definition) is 1. The maximum atomic E-state index is 14.2. The number of carbonyl (C=O) groups excluding carboxylic acids is 1. The highest BCUT2D eigenvalue weighted by molar-refractivity contribution is 7.10. The van der Waals surface area contributed by atoms with Crippen molar-refractivity contribution in [1.82, 2.24) is 14.9 Å². The van der Waals surface area contributed by atoms with Crippen LogP contribution in [0.3, 0.4) is 0 Å². The number of benzene rings is 1. The smallest absolute Gasteiger partial charge is 0.226 e. The number of amides is 1. The Morgan fingerprint density at radius 2 is 2.17 bits per heavy atom. The van der Waals surface area contributed by atoms with Gasteiger partial charge in [0.2, 0.25) is 5.91 Å². The fraction of sp³-hybridized carbons (Fsp3) is 0.176. The minimum Gasteiger partial charge on any atom is -0.342 e. The predicted molar refractivity (Wildman–Crippen MR) is 87.6 cm³/mol. The van der Waals surface area contributed by atoms with E-state index < -0.39 is 6.04 Å². The Hall–Kier alpha value is -2.47. The van der Waals surface area contributed by atoms with Gasteiger partial charge in [-0.2, -0.15) is 0 Å². The summed E-state index contributed by atoms with van der Waals surface area (Å²) >= 11 is 1.52. The van der Waals surface area contributed by atoms with E-state index in [2.05, 4.69) is 10.3 Å². The van der Waals surface area contributed by atoms with Gasteiger partial charge in [0.05, 0.1) is 6.42 Å². The molecule has 1 amide bonds. The van der Waals surface area contributed by atoms with Crippen molar-refractivity contribution in [3.8, 4) is 0 Å². The number of halogens is 1. The Balaban J connectivity index is 1.88. The monoisotopic (exact) mass is 329 g/mol. The first-order valence-electron chi connectivity index (χ1n) is 7.18. The third kappa shape index (κ3) is 3.48. The lowest BCUT2D eigenvalue weighted by atomic mass is 10.0. The van der Waals surface area contributed by atoms with Crippen molar-refractivity contribution in [3.05, 3.63) is 76.3 Å². The van der Waals surface area contributed by atoms with Crippen LogP contribution in [-0.4, -0.2) is 15.5 Å². The van der Waals surface area contributed by atoms with Gasteiger partial charge in [0.1, 0.15) is 17.7 Å². The fourth-order valence-electron chi connectivity index (χ4n) is 2.43. The van der Waals surface area contributed by atoms with Crippen molar-refractivity contribution in [2.45, 2.75) is 12.5 Å². The highest BCUT2D eigenvalue weighted by Crippen LogP contribution is 2.23. The van der Waals surface area contributed by atoms with E-state index in [0.717, 1.165) is 4.88 Å². The molecule has 1 atom stereocenters. The SMILES string of the molecule is Cn1ccnc1C(NC(=O)Cc1cccs1)c1ccccc1F. The van der Waals surface area contributed by atoms with Crippen LogP contribution in [0.25, 0.3) is 0 Å². The minimum absolute atomic E-state index is 0.163. The Labute approximate surface area is 137 Å². The van der Waals surface area contributed by atoms with Gasteiger partial charge in [0.25, 0.3) is 0 Å². The maximum Gasteiger partial charge on any atom is 0.226 e. The molecule has 2 heterocycles. The molecule has 1 aromatic carbocycles. The molecule has 0 aliphatic carbocycles. The van der Waals surface area contributed by atoms with Gasteiger partial charge in [-0.25, -0.2) is 9.37 Å². The summed E-state index contributed by atoms with van der Waals surface area (Å²) in [5.74, 6) is 0.0651. The molecule has 3 aromatic rings. The number of aryl methyl sites for hydroxylation is 1. The fourth-order valence-corrected chi connectivity index (χ4v) is 3.13. The molecule has 1 N–H and O–H groups in total. The number of aromatic nitrogens is 2. The summed E-state index contributed by atoms with van der Waals surface area (Å²) in [5.41, 5.74) is 0.404. The summed E-state index contributed by atoms with van der Waals surface area (Å²) in [6.45, 7) is 0. The van der Waals surface area contributed by atoms with Gasteiger partial charge in [-0.1, -0.05) is 24.3 Å². The number of rotatable bonds is 5. The topological polar surface area (TPSA) is 46.9 Å². The zero-order chi connectivity index (χ0) is 16.2. The molecule has 0 aliphatic rings. The van der Waals surface area contributed by atoms with E-state index in [-0.39, 0.29) is 18.1 Å². The first-order chi connectivity index (χ1) is 11.1. The second-order valence-electron chi connectivity index (χ2n) is 5.17. The van der Waals surface area contributed by atoms with E-state index in [1.807, 2.05) is 24.6 Å². The number of imidazole rings is 1. The molecular weight excluding hydrogens is 313 g/mol. The molecule has 0 radical (unpaired) electrons. The number of thiophene rings is 1. The molecule has 0 saturated heterocycles. The highest BCUT2D eigenvalue weighted by Gasteiger charge is 2.23. The van der Waals surface area contributed by atoms with Crippen LogP contribution in [0.2, 0.25) is 0 Å². The molecule has 0 aliphatic heterocycles. The summed E-state index contributed by atoms with van der Waals surface area (Å²) in [6, 6.07) is 9.62. The first-order valence-corrected chi connectivity index (χ1v) is 8.06. The third-order valence-corrected chi connectivity index (χ3v) is 4.43. The van der Waals surface area contributed by atoms with Crippen LogP contribution in [0, 0.1) is 5.82 Å². The minimum atomic E-state index is -0.622. The molecule has 6 heteroatoms. The highest BCUT2D eigenvalue weighted by atomic mass is 32.1. The molecule has 0 bridgehead atoms. The number of carbonyl (C=O) groups is 1. The Morgan fingerprint density at radius 3 is 2.83 bits per heavy atom. The van der Waals surface area contributed by atoms with Crippen LogP contribution >= 0.6 is 11.3 Å². The Bertz CT molecular complexity index is 798. The summed E-state index contributed by atoms with van der Waals surface area (Å²) in [6.07, 6.45) is 3.68. The molecular formula is C17H16FN3OS. The summed E-state index contributed by atoms with van der Waals surface area (Å²) in [5, 5.41) is 4.83. The van der Waals surface area contributed by atoms with Crippen molar-refractivity contribution in [2.24, 2.45) is 7.05 Å². The number of nitrogens with one attached hydrogen (secondary N) is 1. The Morgan fingerprint density at radius 1 is 1.35 bits per heavy atom. The lowest BCUT2D eigenvalue weighted by Crippen LogP contribution is -2.32. The average molecular weight is 329 g/mol. The van der Waals surface area contributed by atoms with Crippen LogP contribution in [0.4, 0.5) is 4.39 Å². The molecule has 0 fully saturated rings. The van der Waals surface area contributed by atoms with Gasteiger partial charge < -0.3 is 9.88 Å². The van der Waals surface area contributed by atoms with Crippen molar-refractivity contribution in [1.29, 1.82) is 0 Å². The van der Waals surface area contributed by atoms with Gasteiger partial charge in [0.15, 0.2) is 0 Å². The van der Waals surface area contributed by atoms with E-state index in [4.69, 9.17) is 0 Å². The second kappa shape index (κ2) is 6.75. The molecule has 118 valence electrons. The largest absolute Gasteiger partial charge is 0.342 e.